The third kappa shape index (κ3) is 2.75. The summed E-state index contributed by atoms with van der Waals surface area (Å²) in [5.74, 6) is -0.239. The lowest BCUT2D eigenvalue weighted by Gasteiger charge is -2.20. The molecule has 1 atom stereocenters. The Labute approximate surface area is 101 Å². The van der Waals surface area contributed by atoms with Gasteiger partial charge in [-0.25, -0.2) is 12.8 Å². The van der Waals surface area contributed by atoms with E-state index < -0.39 is 9.84 Å². The number of benzene rings is 1. The zero-order valence-electron chi connectivity index (χ0n) is 9.69. The van der Waals surface area contributed by atoms with Crippen molar-refractivity contribution in [2.75, 3.05) is 6.26 Å². The maximum atomic E-state index is 13.5. The zero-order valence-corrected chi connectivity index (χ0v) is 10.5. The summed E-state index contributed by atoms with van der Waals surface area (Å²) in [6, 6.07) is 6.62. The summed E-state index contributed by atoms with van der Waals surface area (Å²) < 4.78 is 36.3. The molecule has 2 rings (SSSR count). The molecule has 0 amide bonds. The van der Waals surface area contributed by atoms with E-state index >= 15 is 0 Å². The Morgan fingerprint density at radius 3 is 2.53 bits per heavy atom. The summed E-state index contributed by atoms with van der Waals surface area (Å²) in [4.78, 5) is 0. The van der Waals surface area contributed by atoms with Gasteiger partial charge < -0.3 is 0 Å². The van der Waals surface area contributed by atoms with Crippen LogP contribution in [0.15, 0.2) is 30.3 Å². The molecule has 1 aliphatic rings. The van der Waals surface area contributed by atoms with Crippen molar-refractivity contribution < 1.29 is 12.8 Å². The van der Waals surface area contributed by atoms with E-state index in [1.807, 2.05) is 6.08 Å². The lowest BCUT2D eigenvalue weighted by molar-refractivity contribution is 0.575. The molecular formula is C13H15FO2S. The van der Waals surface area contributed by atoms with Gasteiger partial charge in [-0.3, -0.25) is 0 Å². The normalized spacial score (nSPS) is 21.1. The first-order valence-electron chi connectivity index (χ1n) is 5.61. The highest BCUT2D eigenvalue weighted by atomic mass is 32.2. The highest BCUT2D eigenvalue weighted by Crippen LogP contribution is 2.30. The zero-order chi connectivity index (χ0) is 12.5. The number of rotatable bonds is 2. The summed E-state index contributed by atoms with van der Waals surface area (Å²) in [5, 5.41) is -0.307. The van der Waals surface area contributed by atoms with Crippen molar-refractivity contribution in [2.24, 2.45) is 0 Å². The van der Waals surface area contributed by atoms with E-state index in [1.54, 1.807) is 18.2 Å². The SMILES string of the molecule is CS(=O)(=O)C1CC=C(c2ccccc2F)CC1. The molecule has 0 aliphatic heterocycles. The van der Waals surface area contributed by atoms with Gasteiger partial charge in [0.1, 0.15) is 5.82 Å². The van der Waals surface area contributed by atoms with E-state index in [0.717, 1.165) is 5.57 Å². The molecule has 1 aromatic rings. The van der Waals surface area contributed by atoms with E-state index in [9.17, 15) is 12.8 Å². The maximum absolute atomic E-state index is 13.5. The molecule has 0 bridgehead atoms. The minimum Gasteiger partial charge on any atom is -0.229 e. The molecule has 0 spiro atoms. The van der Waals surface area contributed by atoms with Crippen LogP contribution >= 0.6 is 0 Å². The summed E-state index contributed by atoms with van der Waals surface area (Å²) in [6.07, 6.45) is 4.81. The highest BCUT2D eigenvalue weighted by molar-refractivity contribution is 7.91. The predicted octanol–water partition coefficient (Wildman–Crippen LogP) is 2.81. The number of allylic oxidation sites excluding steroid dienone is 2. The fourth-order valence-corrected chi connectivity index (χ4v) is 3.16. The van der Waals surface area contributed by atoms with Gasteiger partial charge in [0.25, 0.3) is 0 Å². The van der Waals surface area contributed by atoms with Gasteiger partial charge in [0.2, 0.25) is 0 Å². The molecule has 0 heterocycles. The lowest BCUT2D eigenvalue weighted by atomic mass is 9.93. The third-order valence-corrected chi connectivity index (χ3v) is 4.83. The molecular weight excluding hydrogens is 239 g/mol. The number of hydrogen-bond acceptors (Lipinski definition) is 2. The van der Waals surface area contributed by atoms with Crippen LogP contribution in [-0.4, -0.2) is 19.9 Å². The van der Waals surface area contributed by atoms with Crippen molar-refractivity contribution in [2.45, 2.75) is 24.5 Å². The first kappa shape index (κ1) is 12.3. The minimum absolute atomic E-state index is 0.239. The second-order valence-electron chi connectivity index (χ2n) is 4.44. The second kappa shape index (κ2) is 4.61. The molecule has 92 valence electrons. The monoisotopic (exact) mass is 254 g/mol. The molecule has 0 N–H and O–H groups in total. The first-order chi connectivity index (χ1) is 7.98. The average molecular weight is 254 g/mol. The number of sulfone groups is 1. The van der Waals surface area contributed by atoms with Crippen molar-refractivity contribution >= 4 is 15.4 Å². The molecule has 0 saturated carbocycles. The Hall–Kier alpha value is -1.16. The highest BCUT2D eigenvalue weighted by Gasteiger charge is 2.24. The van der Waals surface area contributed by atoms with Crippen molar-refractivity contribution in [3.05, 3.63) is 41.7 Å². The summed E-state index contributed by atoms with van der Waals surface area (Å²) in [6.45, 7) is 0. The summed E-state index contributed by atoms with van der Waals surface area (Å²) in [5.41, 5.74) is 1.52. The Morgan fingerprint density at radius 2 is 2.00 bits per heavy atom. The molecule has 0 aromatic heterocycles. The van der Waals surface area contributed by atoms with Crippen molar-refractivity contribution in [3.63, 3.8) is 0 Å². The van der Waals surface area contributed by atoms with Crippen LogP contribution < -0.4 is 0 Å². The Morgan fingerprint density at radius 1 is 1.29 bits per heavy atom. The van der Waals surface area contributed by atoms with Crippen molar-refractivity contribution in [1.29, 1.82) is 0 Å². The van der Waals surface area contributed by atoms with E-state index in [4.69, 9.17) is 0 Å². The molecule has 4 heteroatoms. The van der Waals surface area contributed by atoms with Crippen molar-refractivity contribution in [3.8, 4) is 0 Å². The first-order valence-corrected chi connectivity index (χ1v) is 7.57. The topological polar surface area (TPSA) is 34.1 Å². The fourth-order valence-electron chi connectivity index (χ4n) is 2.17. The molecule has 2 nitrogen and oxygen atoms in total. The molecule has 1 aliphatic carbocycles. The van der Waals surface area contributed by atoms with Crippen LogP contribution in [0.5, 0.6) is 0 Å². The van der Waals surface area contributed by atoms with Gasteiger partial charge in [0.15, 0.2) is 9.84 Å². The summed E-state index contributed by atoms with van der Waals surface area (Å²) in [7, 11) is -2.98. The van der Waals surface area contributed by atoms with Gasteiger partial charge in [0.05, 0.1) is 5.25 Å². The van der Waals surface area contributed by atoms with Crippen LogP contribution in [0.2, 0.25) is 0 Å². The van der Waals surface area contributed by atoms with Gasteiger partial charge in [-0.15, -0.1) is 0 Å². The molecule has 0 fully saturated rings. The van der Waals surface area contributed by atoms with E-state index in [2.05, 4.69) is 0 Å². The number of halogens is 1. The van der Waals surface area contributed by atoms with Crippen LogP contribution in [0.4, 0.5) is 4.39 Å². The Bertz CT molecular complexity index is 546. The smallest absolute Gasteiger partial charge is 0.150 e. The van der Waals surface area contributed by atoms with Crippen LogP contribution in [0.1, 0.15) is 24.8 Å². The molecule has 0 saturated heterocycles. The predicted molar refractivity (Wildman–Crippen MR) is 66.9 cm³/mol. The molecule has 1 unspecified atom stereocenters. The molecule has 0 radical (unpaired) electrons. The van der Waals surface area contributed by atoms with Crippen molar-refractivity contribution in [1.82, 2.24) is 0 Å². The minimum atomic E-state index is -2.98. The van der Waals surface area contributed by atoms with Gasteiger partial charge >= 0.3 is 0 Å². The molecule has 17 heavy (non-hydrogen) atoms. The summed E-state index contributed by atoms with van der Waals surface area (Å²) >= 11 is 0. The van der Waals surface area contributed by atoms with Gasteiger partial charge in [-0.05, 0) is 30.9 Å². The van der Waals surface area contributed by atoms with Crippen LogP contribution in [0.25, 0.3) is 5.57 Å². The molecule has 1 aromatic carbocycles. The second-order valence-corrected chi connectivity index (χ2v) is 6.76. The van der Waals surface area contributed by atoms with Crippen LogP contribution in [0.3, 0.4) is 0 Å². The van der Waals surface area contributed by atoms with E-state index in [0.29, 0.717) is 24.8 Å². The Kier molecular flexibility index (Phi) is 3.33. The fraction of sp³-hybridized carbons (Fsp3) is 0.385. The third-order valence-electron chi connectivity index (χ3n) is 3.19. The standard InChI is InChI=1S/C13H15FO2S/c1-17(15,16)11-8-6-10(7-9-11)12-4-2-3-5-13(12)14/h2-6,11H,7-9H2,1H3. The van der Waals surface area contributed by atoms with Crippen LogP contribution in [-0.2, 0) is 9.84 Å². The Balaban J connectivity index is 2.23. The van der Waals surface area contributed by atoms with E-state index in [1.165, 1.54) is 12.3 Å². The van der Waals surface area contributed by atoms with Gasteiger partial charge in [-0.2, -0.15) is 0 Å². The van der Waals surface area contributed by atoms with Gasteiger partial charge in [-0.1, -0.05) is 24.3 Å². The largest absolute Gasteiger partial charge is 0.229 e. The number of hydrogen-bond donors (Lipinski definition) is 0. The average Bonchev–Trinajstić information content (AvgIpc) is 2.29. The lowest BCUT2D eigenvalue weighted by Crippen LogP contribution is -2.21. The van der Waals surface area contributed by atoms with Crippen LogP contribution in [0, 0.1) is 5.82 Å². The maximum Gasteiger partial charge on any atom is 0.150 e. The van der Waals surface area contributed by atoms with E-state index in [-0.39, 0.29) is 11.1 Å². The van der Waals surface area contributed by atoms with Gasteiger partial charge in [0, 0.05) is 11.8 Å². The quantitative estimate of drug-likeness (QED) is 0.813.